The molecule has 1 heterocycles. The number of carboxylic acids is 1. The summed E-state index contributed by atoms with van der Waals surface area (Å²) in [6, 6.07) is 5.05. The van der Waals surface area contributed by atoms with E-state index in [2.05, 4.69) is 5.32 Å². The smallest absolute Gasteiger partial charge is 0.317 e. The average molecular weight is 353 g/mol. The minimum atomic E-state index is -0.784. The number of aliphatic carboxylic acids is 1. The Kier molecular flexibility index (Phi) is 4.58. The Morgan fingerprint density at radius 3 is 2.96 bits per heavy atom. The number of benzene rings is 1. The Balaban J connectivity index is 1.66. The molecule has 1 aromatic rings. The van der Waals surface area contributed by atoms with Crippen molar-refractivity contribution >= 4 is 23.6 Å². The third-order valence-electron chi connectivity index (χ3n) is 5.30. The zero-order valence-electron chi connectivity index (χ0n) is 13.5. The Morgan fingerprint density at radius 2 is 2.29 bits per heavy atom. The highest BCUT2D eigenvalue weighted by atomic mass is 35.5. The lowest BCUT2D eigenvalue weighted by Crippen LogP contribution is -2.41. The van der Waals surface area contributed by atoms with Crippen LogP contribution >= 0.6 is 11.6 Å². The number of carboxylic acid groups (broad SMARTS) is 1. The summed E-state index contributed by atoms with van der Waals surface area (Å²) in [6.07, 6.45) is 2.44. The van der Waals surface area contributed by atoms with Crippen LogP contribution in [-0.4, -0.2) is 42.2 Å². The number of halogens is 1. The molecule has 1 aromatic carbocycles. The van der Waals surface area contributed by atoms with Crippen molar-refractivity contribution in [1.82, 2.24) is 10.2 Å². The summed E-state index contributed by atoms with van der Waals surface area (Å²) in [4.78, 5) is 25.8. The molecule has 2 N–H and O–H groups in total. The van der Waals surface area contributed by atoms with Crippen molar-refractivity contribution in [2.45, 2.75) is 25.8 Å². The van der Waals surface area contributed by atoms with Gasteiger partial charge in [-0.1, -0.05) is 24.1 Å². The Bertz CT molecular complexity index is 666. The van der Waals surface area contributed by atoms with Gasteiger partial charge in [-0.05, 0) is 30.9 Å². The number of ether oxygens (including phenoxy) is 1. The van der Waals surface area contributed by atoms with Gasteiger partial charge in [0.25, 0.3) is 0 Å². The molecule has 1 aliphatic heterocycles. The van der Waals surface area contributed by atoms with Gasteiger partial charge in [0.05, 0.1) is 12.5 Å². The van der Waals surface area contributed by atoms with Crippen LogP contribution in [0, 0.1) is 11.3 Å². The number of methoxy groups -OCH3 is 1. The van der Waals surface area contributed by atoms with E-state index in [1.807, 2.05) is 0 Å². The molecule has 1 aliphatic carbocycles. The summed E-state index contributed by atoms with van der Waals surface area (Å²) in [5, 5.41) is 12.9. The van der Waals surface area contributed by atoms with Gasteiger partial charge in [-0.25, -0.2) is 4.79 Å². The number of nitrogens with zero attached hydrogens (tertiary/aromatic N) is 1. The van der Waals surface area contributed by atoms with Crippen molar-refractivity contribution in [1.29, 1.82) is 0 Å². The second-order valence-electron chi connectivity index (χ2n) is 6.51. The maximum atomic E-state index is 12.5. The normalized spacial score (nSPS) is 25.4. The molecular formula is C17H21ClN2O4. The molecule has 24 heavy (non-hydrogen) atoms. The minimum Gasteiger partial charge on any atom is -0.496 e. The third kappa shape index (κ3) is 2.79. The summed E-state index contributed by atoms with van der Waals surface area (Å²) in [7, 11) is 1.55. The standard InChI is InChI=1S/C17H21ClN2O4/c1-24-14-6-2-5-13(18)12(14)8-19-16(23)20-9-11-4-3-7-17(11,10-20)15(21)22/h2,5-6,11H,3-4,7-10H2,1H3,(H,19,23)(H,21,22)/t11-,17+/m0/s1. The molecule has 0 spiro atoms. The van der Waals surface area contributed by atoms with Crippen LogP contribution in [0.4, 0.5) is 4.79 Å². The quantitative estimate of drug-likeness (QED) is 0.873. The van der Waals surface area contributed by atoms with Crippen molar-refractivity contribution < 1.29 is 19.4 Å². The zero-order valence-corrected chi connectivity index (χ0v) is 14.3. The molecule has 3 rings (SSSR count). The molecule has 0 radical (unpaired) electrons. The summed E-state index contributed by atoms with van der Waals surface area (Å²) in [5.41, 5.74) is -0.0539. The van der Waals surface area contributed by atoms with Crippen molar-refractivity contribution in [3.63, 3.8) is 0 Å². The molecule has 2 aliphatic rings. The number of amides is 2. The van der Waals surface area contributed by atoms with Crippen LogP contribution in [0.15, 0.2) is 18.2 Å². The van der Waals surface area contributed by atoms with Gasteiger partial charge in [0.1, 0.15) is 5.75 Å². The maximum Gasteiger partial charge on any atom is 0.317 e. The van der Waals surface area contributed by atoms with Crippen LogP contribution in [0.1, 0.15) is 24.8 Å². The van der Waals surface area contributed by atoms with Crippen molar-refractivity contribution in [3.05, 3.63) is 28.8 Å². The number of hydrogen-bond acceptors (Lipinski definition) is 3. The zero-order chi connectivity index (χ0) is 17.3. The second-order valence-corrected chi connectivity index (χ2v) is 6.92. The first-order valence-electron chi connectivity index (χ1n) is 8.05. The molecule has 130 valence electrons. The second kappa shape index (κ2) is 6.51. The van der Waals surface area contributed by atoms with Gasteiger partial charge < -0.3 is 20.1 Å². The molecule has 2 fully saturated rings. The average Bonchev–Trinajstić information content (AvgIpc) is 3.11. The van der Waals surface area contributed by atoms with Crippen molar-refractivity contribution in [3.8, 4) is 5.75 Å². The molecule has 6 nitrogen and oxygen atoms in total. The number of carbonyl (C=O) groups is 2. The summed E-state index contributed by atoms with van der Waals surface area (Å²) >= 11 is 6.17. The summed E-state index contributed by atoms with van der Waals surface area (Å²) in [6.45, 7) is 1.01. The highest BCUT2D eigenvalue weighted by molar-refractivity contribution is 6.31. The van der Waals surface area contributed by atoms with E-state index in [9.17, 15) is 14.7 Å². The Hall–Kier alpha value is -1.95. The maximum absolute atomic E-state index is 12.5. The van der Waals surface area contributed by atoms with E-state index in [1.165, 1.54) is 0 Å². The Labute approximate surface area is 145 Å². The number of carbonyl (C=O) groups excluding carboxylic acids is 1. The van der Waals surface area contributed by atoms with Gasteiger partial charge >= 0.3 is 12.0 Å². The molecule has 2 amide bonds. The number of rotatable bonds is 4. The molecule has 1 saturated carbocycles. The number of likely N-dealkylation sites (tertiary alicyclic amines) is 1. The summed E-state index contributed by atoms with van der Waals surface area (Å²) in [5.74, 6) is -0.119. The molecule has 0 unspecified atom stereocenters. The van der Waals surface area contributed by atoms with Crippen LogP contribution in [0.5, 0.6) is 5.75 Å². The van der Waals surface area contributed by atoms with Crippen LogP contribution in [0.3, 0.4) is 0 Å². The molecule has 1 saturated heterocycles. The van der Waals surface area contributed by atoms with Crippen LogP contribution < -0.4 is 10.1 Å². The van der Waals surface area contributed by atoms with Crippen LogP contribution in [-0.2, 0) is 11.3 Å². The lowest BCUT2D eigenvalue weighted by molar-refractivity contribution is -0.149. The minimum absolute atomic E-state index is 0.0515. The van der Waals surface area contributed by atoms with Gasteiger partial charge in [-0.15, -0.1) is 0 Å². The lowest BCUT2D eigenvalue weighted by atomic mass is 9.81. The topological polar surface area (TPSA) is 78.9 Å². The first-order valence-corrected chi connectivity index (χ1v) is 8.43. The number of fused-ring (bicyclic) bond motifs is 1. The third-order valence-corrected chi connectivity index (χ3v) is 5.65. The van der Waals surface area contributed by atoms with E-state index in [-0.39, 0.29) is 25.0 Å². The molecule has 2 atom stereocenters. The number of hydrogen-bond donors (Lipinski definition) is 2. The fourth-order valence-electron chi connectivity index (χ4n) is 3.97. The Morgan fingerprint density at radius 1 is 1.50 bits per heavy atom. The fraction of sp³-hybridized carbons (Fsp3) is 0.529. The van der Waals surface area contributed by atoms with Gasteiger partial charge in [0.2, 0.25) is 0 Å². The largest absolute Gasteiger partial charge is 0.496 e. The van der Waals surface area contributed by atoms with Crippen LogP contribution in [0.25, 0.3) is 0 Å². The van der Waals surface area contributed by atoms with Crippen LogP contribution in [0.2, 0.25) is 5.02 Å². The van der Waals surface area contributed by atoms with E-state index in [0.29, 0.717) is 29.3 Å². The number of urea groups is 1. The van der Waals surface area contributed by atoms with E-state index in [1.54, 1.807) is 30.2 Å². The van der Waals surface area contributed by atoms with E-state index >= 15 is 0 Å². The van der Waals surface area contributed by atoms with Crippen molar-refractivity contribution in [2.75, 3.05) is 20.2 Å². The molecule has 7 heteroatoms. The molecule has 0 aromatic heterocycles. The highest BCUT2D eigenvalue weighted by Crippen LogP contribution is 2.48. The van der Waals surface area contributed by atoms with E-state index in [4.69, 9.17) is 16.3 Å². The van der Waals surface area contributed by atoms with Gasteiger partial charge in [-0.2, -0.15) is 0 Å². The summed E-state index contributed by atoms with van der Waals surface area (Å²) < 4.78 is 5.27. The first-order chi connectivity index (χ1) is 11.5. The molecule has 0 bridgehead atoms. The SMILES string of the molecule is COc1cccc(Cl)c1CNC(=O)N1C[C@@H]2CCC[C@@]2(C(=O)O)C1. The van der Waals surface area contributed by atoms with E-state index in [0.717, 1.165) is 12.8 Å². The van der Waals surface area contributed by atoms with Gasteiger partial charge in [0.15, 0.2) is 0 Å². The predicted octanol–water partition coefficient (Wildman–Crippen LogP) is 2.74. The monoisotopic (exact) mass is 352 g/mol. The fourth-order valence-corrected chi connectivity index (χ4v) is 4.20. The van der Waals surface area contributed by atoms with Gasteiger partial charge in [-0.3, -0.25) is 4.79 Å². The molecular weight excluding hydrogens is 332 g/mol. The predicted molar refractivity (Wildman–Crippen MR) is 89.2 cm³/mol. The first kappa shape index (κ1) is 16.9. The lowest BCUT2D eigenvalue weighted by Gasteiger charge is -2.23. The van der Waals surface area contributed by atoms with E-state index < -0.39 is 11.4 Å². The number of nitrogens with one attached hydrogen (secondary N) is 1. The van der Waals surface area contributed by atoms with Crippen molar-refractivity contribution in [2.24, 2.45) is 11.3 Å². The van der Waals surface area contributed by atoms with Gasteiger partial charge in [0, 0.05) is 30.2 Å². The highest BCUT2D eigenvalue weighted by Gasteiger charge is 2.55.